The maximum Gasteiger partial charge on any atom is 0.412 e. The molecule has 264 valence electrons. The quantitative estimate of drug-likeness (QED) is 0.363. The summed E-state index contributed by atoms with van der Waals surface area (Å²) in [6.07, 6.45) is 0.927. The highest BCUT2D eigenvalue weighted by atomic mass is 35.5. The maximum atomic E-state index is 13.7. The molecule has 2 aromatic rings. The van der Waals surface area contributed by atoms with Crippen LogP contribution in [0, 0.1) is 13.8 Å². The van der Waals surface area contributed by atoms with Crippen LogP contribution in [0.25, 0.3) is 0 Å². The predicted molar refractivity (Wildman–Crippen MR) is 216 cm³/mol. The number of halogens is 1. The Kier molecular flexibility index (Phi) is 6.06. The second-order valence-corrected chi connectivity index (χ2v) is 9.96. The van der Waals surface area contributed by atoms with Gasteiger partial charge in [-0.2, -0.15) is 0 Å². The van der Waals surface area contributed by atoms with Gasteiger partial charge in [0.05, 0.1) is 21.9 Å². The number of amides is 2. The average molecular weight is 570 g/mol. The van der Waals surface area contributed by atoms with Crippen molar-refractivity contribution >= 4 is 29.4 Å². The number of aromatic nitrogens is 3. The number of nitrogens with zero attached hydrogens (tertiary/aromatic N) is 6. The van der Waals surface area contributed by atoms with Crippen LogP contribution in [0.2, 0.25) is 5.02 Å². The van der Waals surface area contributed by atoms with E-state index in [1.54, 1.807) is 30.9 Å². The normalized spacial score (nSPS) is 24.4. The van der Waals surface area contributed by atoms with Gasteiger partial charge in [0, 0.05) is 90.7 Å². The number of fused-ring (bicyclic) bond motifs is 1. The highest BCUT2D eigenvalue weighted by Crippen LogP contribution is 2.42. The van der Waals surface area contributed by atoms with Gasteiger partial charge < -0.3 is 9.64 Å². The highest BCUT2D eigenvalue weighted by molar-refractivity contribution is 6.30. The summed E-state index contributed by atoms with van der Waals surface area (Å²) in [5, 5.41) is 0.430. The molecule has 34 heavy (non-hydrogen) atoms. The molecule has 2 atom stereocenters. The molecule has 1 saturated heterocycles. The van der Waals surface area contributed by atoms with Gasteiger partial charge in [-0.05, 0) is 53.3 Å². The monoisotopic (exact) mass is 569 g/mol. The van der Waals surface area contributed by atoms with Crippen LogP contribution >= 0.6 is 11.6 Å². The van der Waals surface area contributed by atoms with Gasteiger partial charge in [-0.3, -0.25) is 9.69 Å². The first-order valence-electron chi connectivity index (χ1n) is 11.5. The summed E-state index contributed by atoms with van der Waals surface area (Å²) >= 11 is 6.02. The Morgan fingerprint density at radius 3 is 2.50 bits per heavy atom. The van der Waals surface area contributed by atoms with Crippen LogP contribution < -0.4 is 4.90 Å². The standard InChI is InChI=1S/C24H31ClN6O3.41H2/c1-8-29-11-12-30(23(5,6)16(29)4)22(33)34-24(7)20-19(27-14(2)15(3)28-20)21(32)31(24)18-10-9-17(25)13-26-18;;;;;;;;;;;;;;;;;;;;;;;;;;;;;;;;;;;;;;;;;/h9-10,13,16H,8,11-12H2,1-7H3;41*1H/t16?,24-;;;;;;;;;;;;;;;;;;;;;;;;;;;;;;;;;;;;;;;;;/m0........................................./s1. The number of anilines is 1. The van der Waals surface area contributed by atoms with Crippen molar-refractivity contribution in [3.8, 4) is 0 Å². The zero-order valence-electron chi connectivity index (χ0n) is 20.7. The van der Waals surface area contributed by atoms with Crippen molar-refractivity contribution in [2.75, 3.05) is 24.5 Å². The molecule has 0 spiro atoms. The van der Waals surface area contributed by atoms with E-state index in [-0.39, 0.29) is 70.2 Å². The lowest BCUT2D eigenvalue weighted by molar-refractivity contribution is -0.0540. The van der Waals surface area contributed by atoms with Crippen molar-refractivity contribution in [1.82, 2.24) is 24.8 Å². The Morgan fingerprint density at radius 1 is 1.21 bits per heavy atom. The molecule has 4 heterocycles. The third-order valence-corrected chi connectivity index (χ3v) is 7.53. The molecule has 2 amide bonds. The molecule has 0 radical (unpaired) electrons. The van der Waals surface area contributed by atoms with Crippen LogP contribution in [-0.4, -0.2) is 68.0 Å². The molecule has 0 N–H and O–H groups in total. The van der Waals surface area contributed by atoms with Crippen molar-refractivity contribution < 1.29 is 72.8 Å². The summed E-state index contributed by atoms with van der Waals surface area (Å²) in [5.41, 5.74) is -0.271. The fourth-order valence-electron chi connectivity index (χ4n) is 4.76. The van der Waals surface area contributed by atoms with Gasteiger partial charge >= 0.3 is 6.09 Å². The number of likely N-dealkylation sites (N-methyl/N-ethyl adjacent to an activating group) is 1. The molecule has 4 rings (SSSR count). The molecule has 1 unspecified atom stereocenters. The van der Waals surface area contributed by atoms with Gasteiger partial charge in [0.15, 0.2) is 5.69 Å². The maximum absolute atomic E-state index is 13.7. The summed E-state index contributed by atoms with van der Waals surface area (Å²) in [6.45, 7) is 15.7. The predicted octanol–water partition coefficient (Wildman–Crippen LogP) is 14.0. The lowest BCUT2D eigenvalue weighted by Crippen LogP contribution is -2.66. The fourth-order valence-corrected chi connectivity index (χ4v) is 4.88. The summed E-state index contributed by atoms with van der Waals surface area (Å²) in [5.74, 6) is -0.137. The highest BCUT2D eigenvalue weighted by Gasteiger charge is 2.55. The summed E-state index contributed by atoms with van der Waals surface area (Å²) < 4.78 is 6.18. The van der Waals surface area contributed by atoms with Gasteiger partial charge in [-0.1, -0.05) is 18.5 Å². The van der Waals surface area contributed by atoms with Crippen molar-refractivity contribution in [2.45, 2.75) is 65.8 Å². The number of hydrogen-bond donors (Lipinski definition) is 0. The number of rotatable bonds is 3. The van der Waals surface area contributed by atoms with Gasteiger partial charge in [-0.25, -0.2) is 24.6 Å². The van der Waals surface area contributed by atoms with Gasteiger partial charge in [0.1, 0.15) is 11.5 Å². The molecule has 2 aliphatic heterocycles. The Balaban J connectivity index is -0.00000000928. The average Bonchev–Trinajstić information content (AvgIpc) is 2.97. The molecular formula is C24H113ClN6O3. The SMILES string of the molecule is CCN1CCN(C(=O)O[C@@]2(C)c3nc(C)c(C)nc3C(=O)N2c2ccc(Cl)cn2)C(C)(C)C1C.[HH].[HH].[HH].[HH].[HH].[HH].[HH].[HH].[HH].[HH].[HH].[HH].[HH].[HH].[HH].[HH].[HH].[HH].[HH].[HH].[HH].[HH].[HH].[HH].[HH].[HH].[HH].[HH].[HH].[HH].[HH].[HH].[HH].[HH].[HH].[HH].[HH].[HH].[HH].[HH].[HH]. The van der Waals surface area contributed by atoms with Gasteiger partial charge in [0.25, 0.3) is 5.91 Å². The van der Waals surface area contributed by atoms with Crippen LogP contribution in [0.1, 0.15) is 121 Å². The van der Waals surface area contributed by atoms with Gasteiger partial charge in [-0.15, -0.1) is 0 Å². The molecule has 2 aromatic heterocycles. The van der Waals surface area contributed by atoms with E-state index in [1.165, 1.54) is 11.1 Å². The molecule has 0 bridgehead atoms. The van der Waals surface area contributed by atoms with Crippen molar-refractivity contribution in [1.29, 1.82) is 0 Å². The molecule has 9 nitrogen and oxygen atoms in total. The third kappa shape index (κ3) is 3.71. The third-order valence-electron chi connectivity index (χ3n) is 7.31. The van der Waals surface area contributed by atoms with Crippen LogP contribution in [0.15, 0.2) is 18.3 Å². The van der Waals surface area contributed by atoms with E-state index in [1.807, 2.05) is 20.8 Å². The van der Waals surface area contributed by atoms with E-state index in [2.05, 4.69) is 33.7 Å². The summed E-state index contributed by atoms with van der Waals surface area (Å²) in [6, 6.07) is 3.38. The number of piperazine rings is 1. The fraction of sp³-hybridized carbons (Fsp3) is 0.542. The second kappa shape index (κ2) is 8.46. The van der Waals surface area contributed by atoms with E-state index in [0.717, 1.165) is 13.1 Å². The van der Waals surface area contributed by atoms with E-state index in [4.69, 9.17) is 16.3 Å². The number of carbonyl (C=O) groups is 2. The van der Waals surface area contributed by atoms with E-state index < -0.39 is 23.3 Å². The Bertz CT molecular complexity index is 1210. The number of pyridine rings is 1. The minimum Gasteiger partial charge on any atom is -0.416 e. The second-order valence-electron chi connectivity index (χ2n) is 9.53. The van der Waals surface area contributed by atoms with E-state index in [9.17, 15) is 9.59 Å². The van der Waals surface area contributed by atoms with Gasteiger partial charge in [0.2, 0.25) is 5.72 Å². The first-order chi connectivity index (χ1) is 15.9. The lowest BCUT2D eigenvalue weighted by Gasteiger charge is -2.51. The zero-order valence-corrected chi connectivity index (χ0v) is 21.5. The molecule has 0 aromatic carbocycles. The molecular weight excluding hydrogens is 456 g/mol. The number of carbonyl (C=O) groups excluding carboxylic acids is 2. The van der Waals surface area contributed by atoms with Crippen LogP contribution in [0.3, 0.4) is 0 Å². The van der Waals surface area contributed by atoms with Crippen molar-refractivity contribution in [2.24, 2.45) is 0 Å². The topological polar surface area (TPSA) is 91.8 Å². The van der Waals surface area contributed by atoms with Crippen LogP contribution in [-0.2, 0) is 10.5 Å². The Labute approximate surface area is 266 Å². The first kappa shape index (κ1) is 24.3. The molecule has 0 aliphatic carbocycles. The zero-order chi connectivity index (χ0) is 25.0. The van der Waals surface area contributed by atoms with Crippen molar-refractivity contribution in [3.63, 3.8) is 0 Å². The largest absolute Gasteiger partial charge is 0.416 e. The minimum atomic E-state index is -1.53. The molecule has 0 saturated carbocycles. The summed E-state index contributed by atoms with van der Waals surface area (Å²) in [4.78, 5) is 46.0. The lowest BCUT2D eigenvalue weighted by atomic mass is 9.90. The molecule has 1 fully saturated rings. The number of ether oxygens (including phenoxy) is 1. The first-order valence-corrected chi connectivity index (χ1v) is 11.9. The summed E-state index contributed by atoms with van der Waals surface area (Å²) in [7, 11) is 0. The number of aryl methyl sites for hydroxylation is 2. The Hall–Kier alpha value is -2.78. The van der Waals surface area contributed by atoms with Crippen LogP contribution in [0.5, 0.6) is 0 Å². The van der Waals surface area contributed by atoms with Crippen LogP contribution in [0.4, 0.5) is 10.6 Å². The van der Waals surface area contributed by atoms with E-state index >= 15 is 0 Å². The van der Waals surface area contributed by atoms with Crippen molar-refractivity contribution in [3.05, 3.63) is 46.1 Å². The minimum absolute atomic E-state index is 0. The number of hydrogen-bond acceptors (Lipinski definition) is 7. The smallest absolute Gasteiger partial charge is 0.412 e. The molecule has 10 heteroatoms. The Morgan fingerprint density at radius 2 is 1.88 bits per heavy atom. The molecule has 2 aliphatic rings. The van der Waals surface area contributed by atoms with E-state index in [0.29, 0.717) is 34.5 Å².